The smallest absolute Gasteiger partial charge is 0.137 e. The average Bonchev–Trinajstić information content (AvgIpc) is 2.88. The molecule has 3 rings (SSSR count). The van der Waals surface area contributed by atoms with Gasteiger partial charge in [0.15, 0.2) is 0 Å². The molecule has 3 nitrogen and oxygen atoms in total. The Bertz CT molecular complexity index is 615. The number of benzene rings is 2. The predicted molar refractivity (Wildman–Crippen MR) is 82.1 cm³/mol. The molecule has 1 unspecified atom stereocenters. The summed E-state index contributed by atoms with van der Waals surface area (Å²) in [6, 6.07) is 13.3. The van der Waals surface area contributed by atoms with E-state index in [1.165, 1.54) is 5.56 Å². The second-order valence-electron chi connectivity index (χ2n) is 5.22. The lowest BCUT2D eigenvalue weighted by molar-refractivity contribution is 0.141. The molecule has 110 valence electrons. The number of rotatable bonds is 4. The first-order chi connectivity index (χ1) is 10.1. The van der Waals surface area contributed by atoms with Crippen LogP contribution in [0.4, 0.5) is 0 Å². The molecule has 2 atom stereocenters. The summed E-state index contributed by atoms with van der Waals surface area (Å²) in [5.41, 5.74) is 1.90. The van der Waals surface area contributed by atoms with Gasteiger partial charge in [-0.25, -0.2) is 0 Å². The van der Waals surface area contributed by atoms with Gasteiger partial charge < -0.3 is 14.6 Å². The summed E-state index contributed by atoms with van der Waals surface area (Å²) in [6.07, 6.45) is 0.216. The first-order valence-electron chi connectivity index (χ1n) is 6.98. The molecule has 1 aliphatic heterocycles. The first-order valence-corrected chi connectivity index (χ1v) is 7.36. The molecule has 1 N–H and O–H groups in total. The number of aliphatic hydroxyl groups is 1. The van der Waals surface area contributed by atoms with Crippen molar-refractivity contribution in [3.8, 4) is 11.5 Å². The van der Waals surface area contributed by atoms with Crippen LogP contribution in [-0.2, 0) is 6.42 Å². The normalized spacial score (nSPS) is 18.0. The van der Waals surface area contributed by atoms with E-state index in [4.69, 9.17) is 21.1 Å². The largest absolute Gasteiger partial charge is 0.489 e. The fourth-order valence-electron chi connectivity index (χ4n) is 2.51. The molecule has 1 aliphatic rings. The van der Waals surface area contributed by atoms with E-state index in [0.29, 0.717) is 22.9 Å². The summed E-state index contributed by atoms with van der Waals surface area (Å²) in [5.74, 6) is 1.58. The van der Waals surface area contributed by atoms with Gasteiger partial charge in [0, 0.05) is 17.0 Å². The minimum Gasteiger partial charge on any atom is -0.489 e. The van der Waals surface area contributed by atoms with Gasteiger partial charge in [0.25, 0.3) is 0 Å². The van der Waals surface area contributed by atoms with Crippen LogP contribution in [-0.4, -0.2) is 17.8 Å². The van der Waals surface area contributed by atoms with Crippen molar-refractivity contribution in [3.05, 3.63) is 58.6 Å². The third kappa shape index (κ3) is 3.14. The quantitative estimate of drug-likeness (QED) is 0.934. The van der Waals surface area contributed by atoms with E-state index in [-0.39, 0.29) is 6.10 Å². The van der Waals surface area contributed by atoms with Crippen molar-refractivity contribution >= 4 is 11.6 Å². The van der Waals surface area contributed by atoms with Crippen LogP contribution in [0.5, 0.6) is 11.5 Å². The summed E-state index contributed by atoms with van der Waals surface area (Å²) in [4.78, 5) is 0. The zero-order chi connectivity index (χ0) is 14.8. The molecule has 0 aliphatic carbocycles. The van der Waals surface area contributed by atoms with E-state index >= 15 is 0 Å². The zero-order valence-corrected chi connectivity index (χ0v) is 12.5. The van der Waals surface area contributed by atoms with Crippen LogP contribution < -0.4 is 9.47 Å². The van der Waals surface area contributed by atoms with Gasteiger partial charge in [-0.2, -0.15) is 0 Å². The van der Waals surface area contributed by atoms with Crippen LogP contribution in [0.25, 0.3) is 0 Å². The van der Waals surface area contributed by atoms with Crippen molar-refractivity contribution < 1.29 is 14.6 Å². The molecule has 1 heterocycles. The summed E-state index contributed by atoms with van der Waals surface area (Å²) in [7, 11) is 0. The van der Waals surface area contributed by atoms with Crippen molar-refractivity contribution in [1.29, 1.82) is 0 Å². The molecule has 4 heteroatoms. The van der Waals surface area contributed by atoms with Crippen LogP contribution in [0.15, 0.2) is 42.5 Å². The summed E-state index contributed by atoms with van der Waals surface area (Å²) in [6.45, 7) is 2.14. The van der Waals surface area contributed by atoms with E-state index in [0.717, 1.165) is 12.2 Å². The van der Waals surface area contributed by atoms with Gasteiger partial charge in [0.05, 0.1) is 6.10 Å². The lowest BCUT2D eigenvalue weighted by Crippen LogP contribution is -2.22. The molecule has 0 radical (unpaired) electrons. The second kappa shape index (κ2) is 5.96. The van der Waals surface area contributed by atoms with E-state index in [1.807, 2.05) is 18.2 Å². The average molecular weight is 305 g/mol. The maximum Gasteiger partial charge on any atom is 0.137 e. The van der Waals surface area contributed by atoms with Gasteiger partial charge in [0.1, 0.15) is 24.2 Å². The lowest BCUT2D eigenvalue weighted by Gasteiger charge is -2.16. The number of ether oxygens (including phenoxy) is 2. The fraction of sp³-hybridized carbons (Fsp3) is 0.294. The molecule has 0 aromatic heterocycles. The molecule has 0 saturated carbocycles. The van der Waals surface area contributed by atoms with Gasteiger partial charge in [-0.3, -0.25) is 0 Å². The predicted octanol–water partition coefficient (Wildman–Crippen LogP) is 3.78. The molecule has 21 heavy (non-hydrogen) atoms. The standard InChI is InChI=1S/C17H17ClO3/c1-11(19)15-9-13(18)6-7-17(15)20-10-14-8-12-4-2-3-5-16(12)21-14/h2-7,9,11,14,19H,8,10H2,1H3/t11-,14?/m1/s1. The molecular formula is C17H17ClO3. The van der Waals surface area contributed by atoms with E-state index in [1.54, 1.807) is 25.1 Å². The highest BCUT2D eigenvalue weighted by atomic mass is 35.5. The number of aliphatic hydroxyl groups excluding tert-OH is 1. The first kappa shape index (κ1) is 14.2. The highest BCUT2D eigenvalue weighted by molar-refractivity contribution is 6.30. The van der Waals surface area contributed by atoms with Crippen molar-refractivity contribution in [1.82, 2.24) is 0 Å². The number of halogens is 1. The Kier molecular flexibility index (Phi) is 4.04. The van der Waals surface area contributed by atoms with Crippen LogP contribution in [0.1, 0.15) is 24.2 Å². The summed E-state index contributed by atoms with van der Waals surface area (Å²) in [5, 5.41) is 10.4. The molecular weight excluding hydrogens is 288 g/mol. The van der Waals surface area contributed by atoms with Gasteiger partial charge >= 0.3 is 0 Å². The highest BCUT2D eigenvalue weighted by Gasteiger charge is 2.23. The maximum atomic E-state index is 9.79. The van der Waals surface area contributed by atoms with Gasteiger partial charge in [-0.05, 0) is 36.8 Å². The SMILES string of the molecule is C[C@@H](O)c1cc(Cl)ccc1OCC1Cc2ccccc2O1. The molecule has 0 bridgehead atoms. The Morgan fingerprint density at radius 2 is 2.14 bits per heavy atom. The minimum absolute atomic E-state index is 0.0000676. The van der Waals surface area contributed by atoms with Crippen molar-refractivity contribution in [2.24, 2.45) is 0 Å². The number of para-hydroxylation sites is 1. The fourth-order valence-corrected chi connectivity index (χ4v) is 2.69. The minimum atomic E-state index is -0.625. The van der Waals surface area contributed by atoms with Crippen LogP contribution in [0.2, 0.25) is 5.02 Å². The van der Waals surface area contributed by atoms with Gasteiger partial charge in [0.2, 0.25) is 0 Å². The Hall–Kier alpha value is -1.71. The molecule has 0 spiro atoms. The zero-order valence-electron chi connectivity index (χ0n) is 11.8. The van der Waals surface area contributed by atoms with Gasteiger partial charge in [-0.15, -0.1) is 0 Å². The summed E-state index contributed by atoms with van der Waals surface area (Å²) >= 11 is 5.96. The second-order valence-corrected chi connectivity index (χ2v) is 5.66. The van der Waals surface area contributed by atoms with E-state index < -0.39 is 6.10 Å². The third-order valence-corrected chi connectivity index (χ3v) is 3.80. The number of hydrogen-bond acceptors (Lipinski definition) is 3. The topological polar surface area (TPSA) is 38.7 Å². The number of hydrogen-bond donors (Lipinski definition) is 1. The van der Waals surface area contributed by atoms with E-state index in [2.05, 4.69) is 6.07 Å². The molecule has 0 fully saturated rings. The third-order valence-electron chi connectivity index (χ3n) is 3.56. The van der Waals surface area contributed by atoms with Crippen LogP contribution >= 0.6 is 11.6 Å². The monoisotopic (exact) mass is 304 g/mol. The van der Waals surface area contributed by atoms with Crippen molar-refractivity contribution in [3.63, 3.8) is 0 Å². The Morgan fingerprint density at radius 1 is 1.33 bits per heavy atom. The maximum absolute atomic E-state index is 9.79. The van der Waals surface area contributed by atoms with Crippen molar-refractivity contribution in [2.75, 3.05) is 6.61 Å². The van der Waals surface area contributed by atoms with Gasteiger partial charge in [-0.1, -0.05) is 29.8 Å². The number of fused-ring (bicyclic) bond motifs is 1. The van der Waals surface area contributed by atoms with Crippen molar-refractivity contribution in [2.45, 2.75) is 25.6 Å². The Morgan fingerprint density at radius 3 is 2.90 bits per heavy atom. The Balaban J connectivity index is 1.67. The summed E-state index contributed by atoms with van der Waals surface area (Å²) < 4.78 is 11.7. The molecule has 2 aromatic rings. The molecule has 2 aromatic carbocycles. The highest BCUT2D eigenvalue weighted by Crippen LogP contribution is 2.31. The van der Waals surface area contributed by atoms with E-state index in [9.17, 15) is 5.11 Å². The molecule has 0 amide bonds. The molecule has 0 saturated heterocycles. The van der Waals surface area contributed by atoms with Crippen LogP contribution in [0, 0.1) is 0 Å². The lowest BCUT2D eigenvalue weighted by atomic mass is 10.1. The van der Waals surface area contributed by atoms with Crippen LogP contribution in [0.3, 0.4) is 0 Å². The Labute approximate surface area is 129 Å².